The van der Waals surface area contributed by atoms with E-state index in [9.17, 15) is 9.59 Å². The van der Waals surface area contributed by atoms with Crippen LogP contribution in [0.1, 0.15) is 6.42 Å². The predicted molar refractivity (Wildman–Crippen MR) is 99.5 cm³/mol. The lowest BCUT2D eigenvalue weighted by atomic mass is 10.1. The van der Waals surface area contributed by atoms with Gasteiger partial charge in [0.15, 0.2) is 17.1 Å². The number of hydrogen-bond acceptors (Lipinski definition) is 6. The molecule has 1 atom stereocenters. The Labute approximate surface area is 159 Å². The number of rotatable bonds is 3. The zero-order valence-electron chi connectivity index (χ0n) is 14.9. The minimum Gasteiger partial charge on any atom is -0.486 e. The number of hydrogen-bond donors (Lipinski definition) is 1. The number of carbonyl (C=O) groups is 2. The smallest absolute Gasteiger partial charge is 0.235 e. The van der Waals surface area contributed by atoms with Crippen molar-refractivity contribution in [1.29, 1.82) is 0 Å². The largest absolute Gasteiger partial charge is 0.486 e. The monoisotopic (exact) mass is 379 g/mol. The zero-order valence-corrected chi connectivity index (χ0v) is 14.9. The van der Waals surface area contributed by atoms with Gasteiger partial charge in [0.05, 0.1) is 5.92 Å². The van der Waals surface area contributed by atoms with Crippen LogP contribution in [0.15, 0.2) is 42.6 Å². The predicted octanol–water partition coefficient (Wildman–Crippen LogP) is 1.49. The molecule has 0 aliphatic carbocycles. The average molecular weight is 379 g/mol. The van der Waals surface area contributed by atoms with Gasteiger partial charge in [0.25, 0.3) is 0 Å². The van der Waals surface area contributed by atoms with Gasteiger partial charge in [-0.2, -0.15) is 0 Å². The second-order valence-corrected chi connectivity index (χ2v) is 6.68. The van der Waals surface area contributed by atoms with Gasteiger partial charge in [-0.1, -0.05) is 6.07 Å². The zero-order chi connectivity index (χ0) is 19.1. The van der Waals surface area contributed by atoms with Crippen LogP contribution in [0.5, 0.6) is 11.5 Å². The number of nitrogens with one attached hydrogen (secondary N) is 1. The molecule has 2 aliphatic rings. The number of ether oxygens (including phenoxy) is 2. The van der Waals surface area contributed by atoms with Crippen molar-refractivity contribution >= 4 is 29.1 Å². The molecule has 5 rings (SSSR count). The van der Waals surface area contributed by atoms with Crippen LogP contribution in [0.25, 0.3) is 5.65 Å². The van der Waals surface area contributed by atoms with Gasteiger partial charge in [-0.05, 0) is 24.3 Å². The molecule has 0 saturated carbocycles. The van der Waals surface area contributed by atoms with Crippen molar-refractivity contribution in [2.24, 2.45) is 5.92 Å². The highest BCUT2D eigenvalue weighted by atomic mass is 16.6. The van der Waals surface area contributed by atoms with Crippen molar-refractivity contribution in [3.05, 3.63) is 42.6 Å². The molecule has 4 heterocycles. The fourth-order valence-electron chi connectivity index (χ4n) is 3.47. The molecule has 1 saturated heterocycles. The quantitative estimate of drug-likeness (QED) is 0.740. The van der Waals surface area contributed by atoms with E-state index < -0.39 is 5.92 Å². The Hall–Kier alpha value is -3.62. The molecule has 0 radical (unpaired) electrons. The summed E-state index contributed by atoms with van der Waals surface area (Å²) in [5.74, 6) is 0.770. The van der Waals surface area contributed by atoms with Gasteiger partial charge in [0.2, 0.25) is 17.8 Å². The minimum absolute atomic E-state index is 0.108. The normalized spacial score (nSPS) is 18.5. The molecule has 1 N–H and O–H groups in total. The average Bonchev–Trinajstić information content (AvgIpc) is 3.31. The molecule has 1 aromatic carbocycles. The van der Waals surface area contributed by atoms with Crippen LogP contribution in [0, 0.1) is 5.92 Å². The summed E-state index contributed by atoms with van der Waals surface area (Å²) in [5.41, 5.74) is 1.33. The maximum atomic E-state index is 12.7. The highest BCUT2D eigenvalue weighted by molar-refractivity contribution is 6.03. The van der Waals surface area contributed by atoms with Crippen LogP contribution < -0.4 is 19.7 Å². The number of carbonyl (C=O) groups excluding carboxylic acids is 2. The number of fused-ring (bicyclic) bond motifs is 2. The summed E-state index contributed by atoms with van der Waals surface area (Å²) in [6.45, 7) is 1.28. The Morgan fingerprint density at radius 3 is 2.86 bits per heavy atom. The highest BCUT2D eigenvalue weighted by Gasteiger charge is 2.36. The standard InChI is InChI=1S/C19H17N5O4/c25-17-9-12(18(26)20-19-22-21-16-3-1-2-6-23(16)19)11-24(17)13-4-5-14-15(10-13)28-8-7-27-14/h1-6,10,12H,7-9,11H2,(H,20,22,26)/t12-/m0/s1. The Balaban J connectivity index is 1.33. The first-order valence-electron chi connectivity index (χ1n) is 9.00. The second kappa shape index (κ2) is 6.52. The van der Waals surface area contributed by atoms with E-state index in [1.165, 1.54) is 0 Å². The molecule has 0 spiro atoms. The Morgan fingerprint density at radius 2 is 1.96 bits per heavy atom. The maximum absolute atomic E-state index is 12.7. The third kappa shape index (κ3) is 2.81. The maximum Gasteiger partial charge on any atom is 0.235 e. The molecule has 28 heavy (non-hydrogen) atoms. The molecule has 9 heteroatoms. The van der Waals surface area contributed by atoms with Crippen molar-refractivity contribution in [2.45, 2.75) is 6.42 Å². The lowest BCUT2D eigenvalue weighted by molar-refractivity contribution is -0.122. The SMILES string of the molecule is O=C(Nc1nnc2ccccn12)[C@H]1CC(=O)N(c2ccc3c(c2)OCCO3)C1. The third-order valence-corrected chi connectivity index (χ3v) is 4.88. The summed E-state index contributed by atoms with van der Waals surface area (Å²) < 4.78 is 12.8. The summed E-state index contributed by atoms with van der Waals surface area (Å²) in [6, 6.07) is 10.8. The lowest BCUT2D eigenvalue weighted by Gasteiger charge is -2.22. The number of amides is 2. The number of pyridine rings is 1. The van der Waals surface area contributed by atoms with Gasteiger partial charge in [-0.3, -0.25) is 19.3 Å². The molecule has 142 valence electrons. The molecular weight excluding hydrogens is 362 g/mol. The fourth-order valence-corrected chi connectivity index (χ4v) is 3.47. The Bertz CT molecular complexity index is 1080. The van der Waals surface area contributed by atoms with Crippen LogP contribution in [0.4, 0.5) is 11.6 Å². The van der Waals surface area contributed by atoms with Crippen LogP contribution in [0.2, 0.25) is 0 Å². The Kier molecular flexibility index (Phi) is 3.85. The van der Waals surface area contributed by atoms with Crippen molar-refractivity contribution in [3.8, 4) is 11.5 Å². The summed E-state index contributed by atoms with van der Waals surface area (Å²) in [6.07, 6.45) is 1.91. The van der Waals surface area contributed by atoms with Gasteiger partial charge in [-0.15, -0.1) is 10.2 Å². The van der Waals surface area contributed by atoms with Crippen LogP contribution in [0.3, 0.4) is 0 Å². The van der Waals surface area contributed by atoms with E-state index in [-0.39, 0.29) is 18.2 Å². The summed E-state index contributed by atoms with van der Waals surface area (Å²) >= 11 is 0. The first kappa shape index (κ1) is 16.5. The number of anilines is 2. The van der Waals surface area contributed by atoms with E-state index in [1.807, 2.05) is 12.1 Å². The summed E-state index contributed by atoms with van der Waals surface area (Å²) in [4.78, 5) is 26.8. The van der Waals surface area contributed by atoms with E-state index in [4.69, 9.17) is 9.47 Å². The molecule has 2 aromatic heterocycles. The van der Waals surface area contributed by atoms with E-state index in [0.29, 0.717) is 48.5 Å². The molecule has 2 amide bonds. The first-order valence-corrected chi connectivity index (χ1v) is 9.00. The molecule has 9 nitrogen and oxygen atoms in total. The topological polar surface area (TPSA) is 98.1 Å². The molecule has 0 bridgehead atoms. The van der Waals surface area contributed by atoms with Crippen molar-refractivity contribution in [3.63, 3.8) is 0 Å². The Morgan fingerprint density at radius 1 is 1.11 bits per heavy atom. The number of benzene rings is 1. The van der Waals surface area contributed by atoms with Gasteiger partial charge >= 0.3 is 0 Å². The van der Waals surface area contributed by atoms with Crippen LogP contribution in [-0.4, -0.2) is 46.2 Å². The fraction of sp³-hybridized carbons (Fsp3) is 0.263. The van der Waals surface area contributed by atoms with E-state index >= 15 is 0 Å². The molecule has 1 fully saturated rings. The highest BCUT2D eigenvalue weighted by Crippen LogP contribution is 2.36. The van der Waals surface area contributed by atoms with Crippen LogP contribution >= 0.6 is 0 Å². The van der Waals surface area contributed by atoms with Crippen molar-refractivity contribution in [1.82, 2.24) is 14.6 Å². The summed E-state index contributed by atoms with van der Waals surface area (Å²) in [5, 5.41) is 10.8. The number of nitrogens with zero attached hydrogens (tertiary/aromatic N) is 4. The van der Waals surface area contributed by atoms with E-state index in [0.717, 1.165) is 0 Å². The first-order chi connectivity index (χ1) is 13.7. The molecule has 3 aromatic rings. The van der Waals surface area contributed by atoms with E-state index in [2.05, 4.69) is 15.5 Å². The minimum atomic E-state index is -0.475. The molecular formula is C19H17N5O4. The lowest BCUT2D eigenvalue weighted by Crippen LogP contribution is -2.28. The van der Waals surface area contributed by atoms with Crippen molar-refractivity contribution < 1.29 is 19.1 Å². The number of aromatic nitrogens is 3. The van der Waals surface area contributed by atoms with Gasteiger partial charge in [0.1, 0.15) is 13.2 Å². The third-order valence-electron chi connectivity index (χ3n) is 4.88. The van der Waals surface area contributed by atoms with Gasteiger partial charge in [-0.25, -0.2) is 0 Å². The van der Waals surface area contributed by atoms with Crippen molar-refractivity contribution in [2.75, 3.05) is 30.0 Å². The van der Waals surface area contributed by atoms with Gasteiger partial charge < -0.3 is 14.4 Å². The summed E-state index contributed by atoms with van der Waals surface area (Å²) in [7, 11) is 0. The second-order valence-electron chi connectivity index (χ2n) is 6.68. The van der Waals surface area contributed by atoms with Gasteiger partial charge in [0, 0.05) is 30.9 Å². The molecule has 2 aliphatic heterocycles. The van der Waals surface area contributed by atoms with E-state index in [1.54, 1.807) is 39.8 Å². The molecule has 0 unspecified atom stereocenters. The van der Waals surface area contributed by atoms with Crippen LogP contribution in [-0.2, 0) is 9.59 Å².